The van der Waals surface area contributed by atoms with Crippen molar-refractivity contribution in [2.75, 3.05) is 20.2 Å². The normalized spacial score (nSPS) is 23.7. The van der Waals surface area contributed by atoms with Crippen molar-refractivity contribution in [3.05, 3.63) is 11.7 Å². The van der Waals surface area contributed by atoms with Gasteiger partial charge in [-0.3, -0.25) is 4.79 Å². The smallest absolute Gasteiger partial charge is 0.252 e. The molecular weight excluding hydrogens is 270 g/mol. The second kappa shape index (κ2) is 6.56. The first-order valence-electron chi connectivity index (χ1n) is 7.88. The molecule has 1 unspecified atom stereocenters. The number of nitrogens with zero attached hydrogens (tertiary/aromatic N) is 3. The lowest BCUT2D eigenvalue weighted by Gasteiger charge is -2.26. The maximum absolute atomic E-state index is 12.5. The van der Waals surface area contributed by atoms with Crippen LogP contribution >= 0.6 is 0 Å². The maximum atomic E-state index is 12.5. The predicted octanol–water partition coefficient (Wildman–Crippen LogP) is 2.11. The van der Waals surface area contributed by atoms with E-state index < -0.39 is 0 Å². The molecule has 0 bridgehead atoms. The number of aromatic nitrogens is 2. The van der Waals surface area contributed by atoms with Crippen LogP contribution in [0.1, 0.15) is 56.2 Å². The number of amides is 1. The molecule has 1 aliphatic heterocycles. The van der Waals surface area contributed by atoms with Crippen LogP contribution in [0.3, 0.4) is 0 Å². The summed E-state index contributed by atoms with van der Waals surface area (Å²) in [5, 5.41) is 4.02. The molecule has 0 N–H and O–H groups in total. The first-order valence-corrected chi connectivity index (χ1v) is 7.88. The van der Waals surface area contributed by atoms with Crippen LogP contribution in [0, 0.1) is 5.92 Å². The van der Waals surface area contributed by atoms with Crippen molar-refractivity contribution in [1.82, 2.24) is 15.0 Å². The Morgan fingerprint density at radius 2 is 2.14 bits per heavy atom. The summed E-state index contributed by atoms with van der Waals surface area (Å²) in [7, 11) is 1.60. The number of methoxy groups -OCH3 is 1. The lowest BCUT2D eigenvalue weighted by atomic mass is 9.88. The zero-order valence-electron chi connectivity index (χ0n) is 12.6. The highest BCUT2D eigenvalue weighted by Crippen LogP contribution is 2.30. The van der Waals surface area contributed by atoms with E-state index in [0.29, 0.717) is 24.2 Å². The standard InChI is InChI=1S/C15H23N3O3/c1-20-10-13-16-14(17-21-13)12-7-8-18(9-12)15(19)11-5-3-2-4-6-11/h11-12H,2-10H2,1H3. The van der Waals surface area contributed by atoms with Gasteiger partial charge in [-0.2, -0.15) is 4.98 Å². The van der Waals surface area contributed by atoms with E-state index in [0.717, 1.165) is 32.4 Å². The van der Waals surface area contributed by atoms with Crippen LogP contribution in [0.2, 0.25) is 0 Å². The largest absolute Gasteiger partial charge is 0.375 e. The van der Waals surface area contributed by atoms with Crippen LogP contribution in [0.15, 0.2) is 4.52 Å². The fourth-order valence-electron chi connectivity index (χ4n) is 3.39. The van der Waals surface area contributed by atoms with Crippen LogP contribution < -0.4 is 0 Å². The SMILES string of the molecule is COCc1nc(C2CCN(C(=O)C3CCCCC3)C2)no1. The van der Waals surface area contributed by atoms with Gasteiger partial charge in [-0.25, -0.2) is 0 Å². The summed E-state index contributed by atoms with van der Waals surface area (Å²) in [5.74, 6) is 1.99. The van der Waals surface area contributed by atoms with Crippen LogP contribution in [0.4, 0.5) is 0 Å². The summed E-state index contributed by atoms with van der Waals surface area (Å²) in [6, 6.07) is 0. The van der Waals surface area contributed by atoms with Gasteiger partial charge in [0, 0.05) is 32.0 Å². The molecule has 2 aliphatic rings. The molecule has 0 spiro atoms. The van der Waals surface area contributed by atoms with E-state index in [9.17, 15) is 4.79 Å². The minimum absolute atomic E-state index is 0.201. The molecule has 0 aromatic carbocycles. The fourth-order valence-corrected chi connectivity index (χ4v) is 3.39. The molecule has 116 valence electrons. The summed E-state index contributed by atoms with van der Waals surface area (Å²) in [6.45, 7) is 1.87. The van der Waals surface area contributed by atoms with E-state index >= 15 is 0 Å². The minimum Gasteiger partial charge on any atom is -0.375 e. The number of hydrogen-bond acceptors (Lipinski definition) is 5. The van der Waals surface area contributed by atoms with Crippen molar-refractivity contribution in [2.45, 2.75) is 51.0 Å². The highest BCUT2D eigenvalue weighted by molar-refractivity contribution is 5.79. The number of carbonyl (C=O) groups is 1. The zero-order valence-corrected chi connectivity index (χ0v) is 12.6. The quantitative estimate of drug-likeness (QED) is 0.850. The third-order valence-electron chi connectivity index (χ3n) is 4.57. The number of likely N-dealkylation sites (tertiary alicyclic amines) is 1. The van der Waals surface area contributed by atoms with Gasteiger partial charge in [-0.15, -0.1) is 0 Å². The van der Waals surface area contributed by atoms with Gasteiger partial charge < -0.3 is 14.2 Å². The molecule has 21 heavy (non-hydrogen) atoms. The Bertz CT molecular complexity index is 482. The second-order valence-electron chi connectivity index (χ2n) is 6.08. The predicted molar refractivity (Wildman–Crippen MR) is 75.5 cm³/mol. The van der Waals surface area contributed by atoms with E-state index in [4.69, 9.17) is 9.26 Å². The third kappa shape index (κ3) is 3.26. The first kappa shape index (κ1) is 14.5. The van der Waals surface area contributed by atoms with E-state index in [1.165, 1.54) is 19.3 Å². The second-order valence-corrected chi connectivity index (χ2v) is 6.08. The first-order chi connectivity index (χ1) is 10.3. The highest BCUT2D eigenvalue weighted by Gasteiger charge is 2.33. The van der Waals surface area contributed by atoms with Gasteiger partial charge in [0.2, 0.25) is 5.91 Å². The Hall–Kier alpha value is -1.43. The lowest BCUT2D eigenvalue weighted by Crippen LogP contribution is -2.35. The molecular formula is C15H23N3O3. The Morgan fingerprint density at radius 3 is 2.90 bits per heavy atom. The molecule has 2 fully saturated rings. The topological polar surface area (TPSA) is 68.5 Å². The maximum Gasteiger partial charge on any atom is 0.252 e. The molecule has 6 nitrogen and oxygen atoms in total. The molecule has 1 amide bonds. The van der Waals surface area contributed by atoms with Gasteiger partial charge in [0.05, 0.1) is 0 Å². The van der Waals surface area contributed by atoms with Gasteiger partial charge in [0.15, 0.2) is 5.82 Å². The number of carbonyl (C=O) groups excluding carboxylic acids is 1. The van der Waals surface area contributed by atoms with Crippen molar-refractivity contribution in [3.63, 3.8) is 0 Å². The molecule has 1 aliphatic carbocycles. The van der Waals surface area contributed by atoms with Crippen LogP contribution in [0.5, 0.6) is 0 Å². The third-order valence-corrected chi connectivity index (χ3v) is 4.57. The van der Waals surface area contributed by atoms with Gasteiger partial charge in [-0.1, -0.05) is 24.4 Å². The lowest BCUT2D eigenvalue weighted by molar-refractivity contribution is -0.135. The molecule has 0 radical (unpaired) electrons. The van der Waals surface area contributed by atoms with Gasteiger partial charge in [-0.05, 0) is 19.3 Å². The van der Waals surface area contributed by atoms with Gasteiger partial charge in [0.25, 0.3) is 5.89 Å². The Balaban J connectivity index is 1.57. The summed E-state index contributed by atoms with van der Waals surface area (Å²) in [4.78, 5) is 18.9. The van der Waals surface area contributed by atoms with E-state index in [1.54, 1.807) is 7.11 Å². The van der Waals surface area contributed by atoms with Crippen molar-refractivity contribution in [1.29, 1.82) is 0 Å². The van der Waals surface area contributed by atoms with Crippen LogP contribution in [0.25, 0.3) is 0 Å². The molecule has 2 heterocycles. The van der Waals surface area contributed by atoms with Gasteiger partial charge >= 0.3 is 0 Å². The number of ether oxygens (including phenoxy) is 1. The van der Waals surface area contributed by atoms with Crippen molar-refractivity contribution >= 4 is 5.91 Å². The molecule has 1 saturated carbocycles. The van der Waals surface area contributed by atoms with Crippen molar-refractivity contribution in [3.8, 4) is 0 Å². The highest BCUT2D eigenvalue weighted by atomic mass is 16.5. The monoisotopic (exact) mass is 293 g/mol. The molecule has 6 heteroatoms. The Morgan fingerprint density at radius 1 is 1.33 bits per heavy atom. The average molecular weight is 293 g/mol. The van der Waals surface area contributed by atoms with Gasteiger partial charge in [0.1, 0.15) is 6.61 Å². The number of rotatable bonds is 4. The van der Waals surface area contributed by atoms with E-state index in [1.807, 2.05) is 4.90 Å². The average Bonchev–Trinajstić information content (AvgIpc) is 3.16. The van der Waals surface area contributed by atoms with E-state index in [-0.39, 0.29) is 11.8 Å². The molecule has 1 aromatic rings. The molecule has 1 aromatic heterocycles. The molecule has 1 saturated heterocycles. The summed E-state index contributed by atoms with van der Waals surface area (Å²) >= 11 is 0. The summed E-state index contributed by atoms with van der Waals surface area (Å²) < 4.78 is 10.1. The fraction of sp³-hybridized carbons (Fsp3) is 0.800. The van der Waals surface area contributed by atoms with Crippen LogP contribution in [-0.4, -0.2) is 41.1 Å². The van der Waals surface area contributed by atoms with Crippen molar-refractivity contribution < 1.29 is 14.1 Å². The molecule has 1 atom stereocenters. The molecule has 3 rings (SSSR count). The zero-order chi connectivity index (χ0) is 14.7. The van der Waals surface area contributed by atoms with Crippen molar-refractivity contribution in [2.24, 2.45) is 5.92 Å². The Kier molecular flexibility index (Phi) is 4.53. The minimum atomic E-state index is 0.201. The number of hydrogen-bond donors (Lipinski definition) is 0. The summed E-state index contributed by atoms with van der Waals surface area (Å²) in [5.41, 5.74) is 0. The summed E-state index contributed by atoms with van der Waals surface area (Å²) in [6.07, 6.45) is 6.69. The van der Waals surface area contributed by atoms with Crippen LogP contribution in [-0.2, 0) is 16.1 Å². The van der Waals surface area contributed by atoms with E-state index in [2.05, 4.69) is 10.1 Å². The Labute approximate surface area is 124 Å².